The van der Waals surface area contributed by atoms with E-state index < -0.39 is 0 Å². The number of hydrogen-bond acceptors (Lipinski definition) is 0. The Bertz CT molecular complexity index is 3070. The highest BCUT2D eigenvalue weighted by Gasteiger charge is 2.09. The van der Waals surface area contributed by atoms with Gasteiger partial charge in [0.05, 0.1) is 115 Å². The van der Waals surface area contributed by atoms with E-state index in [2.05, 4.69) is 146 Å². The van der Waals surface area contributed by atoms with Crippen LogP contribution in [0.1, 0.15) is 0 Å². The van der Waals surface area contributed by atoms with Crippen LogP contribution >= 0.6 is 191 Å². The summed E-state index contributed by atoms with van der Waals surface area (Å²) in [5, 5.41) is 25.5. The van der Waals surface area contributed by atoms with Gasteiger partial charge in [-0.25, -0.2) is 0 Å². The fourth-order valence-corrected chi connectivity index (χ4v) is 16.3. The minimum atomic E-state index is 0. The van der Waals surface area contributed by atoms with Gasteiger partial charge in [0, 0.05) is 60.3 Å². The molecule has 0 unspecified atom stereocenters. The van der Waals surface area contributed by atoms with Gasteiger partial charge < -0.3 is 28.2 Å². The summed E-state index contributed by atoms with van der Waals surface area (Å²) in [5.74, 6) is 0. The van der Waals surface area contributed by atoms with Gasteiger partial charge in [-0.15, -0.1) is 0 Å². The molecule has 0 nitrogen and oxygen atoms in total. The molecular weight excluding hydrogens is 1590 g/mol. The molecule has 0 aliphatic carbocycles. The first-order valence-electron chi connectivity index (χ1n) is 27.6. The molecule has 12 rings (SSSR count). The average molecular weight is 1650 g/mol. The topological polar surface area (TPSA) is 0 Å². The van der Waals surface area contributed by atoms with Crippen LogP contribution in [-0.2, 0) is 0 Å². The molecule has 12 aromatic carbocycles. The van der Waals surface area contributed by atoms with E-state index in [0.717, 1.165) is 60.3 Å². The minimum Gasteiger partial charge on any atom is -1.00 e. The molecular formula is C72H60Cl12F6P6. The quantitative estimate of drug-likeness (QED) is 0.130. The van der Waals surface area contributed by atoms with E-state index in [9.17, 15) is 0 Å². The van der Waals surface area contributed by atoms with Gasteiger partial charge in [0.1, 0.15) is 0 Å². The van der Waals surface area contributed by atoms with Crippen LogP contribution in [-0.4, -0.2) is 0 Å². The highest BCUT2D eigenvalue weighted by atomic mass is 35.5. The summed E-state index contributed by atoms with van der Waals surface area (Å²) in [7, 11) is 0.806. The molecule has 0 saturated heterocycles. The molecule has 0 atom stereocenters. The van der Waals surface area contributed by atoms with Crippen molar-refractivity contribution in [1.82, 2.24) is 0 Å². The average Bonchev–Trinajstić information content (AvgIpc) is 1.35. The summed E-state index contributed by atoms with van der Waals surface area (Å²) in [4.78, 5) is 0. The van der Waals surface area contributed by atoms with E-state index >= 15 is 0 Å². The molecule has 0 radical (unpaired) electrons. The molecule has 0 saturated carbocycles. The third-order valence-electron chi connectivity index (χ3n) is 12.4. The fourth-order valence-electron chi connectivity index (χ4n) is 7.86. The van der Waals surface area contributed by atoms with Gasteiger partial charge in [0.2, 0.25) is 0 Å². The highest BCUT2D eigenvalue weighted by Crippen LogP contribution is 2.21. The lowest BCUT2D eigenvalue weighted by atomic mass is 10.4. The minimum absolute atomic E-state index is 0. The van der Waals surface area contributed by atoms with Crippen molar-refractivity contribution >= 4 is 254 Å². The van der Waals surface area contributed by atoms with Crippen LogP contribution in [0.5, 0.6) is 0 Å². The van der Waals surface area contributed by atoms with Crippen LogP contribution in [0, 0.1) is 0 Å². The first-order valence-corrected chi connectivity index (χ1v) is 39.1. The summed E-state index contributed by atoms with van der Waals surface area (Å²) in [6.45, 7) is 0. The number of halogens is 18. The zero-order valence-electron chi connectivity index (χ0n) is 50.0. The van der Waals surface area contributed by atoms with Gasteiger partial charge >= 0.3 is 0 Å². The van der Waals surface area contributed by atoms with Crippen LogP contribution in [0.2, 0.25) is 60.3 Å². The molecule has 0 N–H and O–H groups in total. The molecule has 24 heteroatoms. The van der Waals surface area contributed by atoms with Crippen molar-refractivity contribution in [2.75, 3.05) is 0 Å². The van der Waals surface area contributed by atoms with Crippen molar-refractivity contribution in [2.24, 2.45) is 0 Å². The molecule has 0 heterocycles. The molecule has 96 heavy (non-hydrogen) atoms. The third kappa shape index (κ3) is 36.6. The van der Waals surface area contributed by atoms with E-state index in [0.29, 0.717) is 0 Å². The summed E-state index contributed by atoms with van der Waals surface area (Å²) in [5.41, 5.74) is 0. The van der Waals surface area contributed by atoms with E-state index in [-0.39, 0.29) is 79.7 Å². The van der Waals surface area contributed by atoms with Crippen molar-refractivity contribution in [3.8, 4) is 0 Å². The number of rotatable bonds is 12. The summed E-state index contributed by atoms with van der Waals surface area (Å²) < 4.78 is 0. The Hall–Kier alpha value is -3.72. The second-order valence-corrected chi connectivity index (χ2v) is 34.5. The first kappa shape index (κ1) is 90.3. The molecule has 0 amide bonds. The predicted octanol–water partition coefficient (Wildman–Crippen LogP) is 2.15. The SMILES string of the molecule is Clc1ccc([PH2+]c2ccc(Cl)cc2)cc1.Clc1ccc([PH2+]c2ccc(Cl)cc2)cc1.Clc1ccc([PH2+]c2ccc(Cl)cc2)cc1.Clc1ccc([PH2+]c2ccc(Cl)cc2)cc1.Clc1ccc([PH2+]c2ccc(Cl)cc2)cc1.Clc1ccc([PH2+]c2ccc(Cl)cc2)cc1.[F-].[F-].[F-].[F-].[F-].[F-]. The maximum Gasteiger partial charge on any atom is 0.0943 e. The van der Waals surface area contributed by atoms with E-state index in [1.807, 2.05) is 146 Å². The first-order chi connectivity index (χ1) is 43.4. The van der Waals surface area contributed by atoms with Crippen molar-refractivity contribution < 1.29 is 28.2 Å². The fraction of sp³-hybridized carbons (Fsp3) is 0. The van der Waals surface area contributed by atoms with Crippen molar-refractivity contribution in [2.45, 2.75) is 0 Å². The third-order valence-corrected chi connectivity index (χ3v) is 24.1. The van der Waals surface area contributed by atoms with Crippen LogP contribution < -0.4 is 91.9 Å². The van der Waals surface area contributed by atoms with Crippen LogP contribution in [0.4, 0.5) is 0 Å². The second-order valence-electron chi connectivity index (χ2n) is 19.5. The Labute approximate surface area is 628 Å². The van der Waals surface area contributed by atoms with Crippen molar-refractivity contribution in [1.29, 1.82) is 0 Å². The Balaban J connectivity index is 0.000000569. The number of hydrogen-bond donors (Lipinski definition) is 0. The molecule has 504 valence electrons. The summed E-state index contributed by atoms with van der Waals surface area (Å²) in [6, 6.07) is 96.1. The van der Waals surface area contributed by atoms with Gasteiger partial charge in [-0.3, -0.25) is 0 Å². The van der Waals surface area contributed by atoms with Gasteiger partial charge in [0.25, 0.3) is 0 Å². The van der Waals surface area contributed by atoms with Gasteiger partial charge in [-0.05, 0) is 291 Å². The highest BCUT2D eigenvalue weighted by molar-refractivity contribution is 7.57. The Morgan fingerprint density at radius 3 is 0.208 bits per heavy atom. The molecule has 0 aliphatic heterocycles. The van der Waals surface area contributed by atoms with Gasteiger partial charge in [0.15, 0.2) is 0 Å². The van der Waals surface area contributed by atoms with E-state index in [1.54, 1.807) is 0 Å². The van der Waals surface area contributed by atoms with E-state index in [1.165, 1.54) is 63.7 Å². The lowest BCUT2D eigenvalue weighted by molar-refractivity contribution is -0.00100. The Morgan fingerprint density at radius 2 is 0.156 bits per heavy atom. The summed E-state index contributed by atoms with van der Waals surface area (Å²) >= 11 is 69.9. The molecule has 12 aromatic rings. The standard InChI is InChI=1S/6C12H9Cl2P.6FH/c6*13-9-1-5-11(6-2-9)15-12-7-3-10(14)4-8-12;;;;;;/h6*1-8,15H;6*1H. The maximum absolute atomic E-state index is 5.83. The molecule has 0 aliphatic rings. The molecule has 0 aromatic heterocycles. The monoisotopic (exact) mass is 1640 g/mol. The Morgan fingerprint density at radius 1 is 0.104 bits per heavy atom. The zero-order chi connectivity index (χ0) is 64.0. The van der Waals surface area contributed by atoms with Crippen LogP contribution in [0.15, 0.2) is 291 Å². The zero-order valence-corrected chi connectivity index (χ0v) is 66.0. The normalized spacial score (nSPS) is 9.62. The maximum atomic E-state index is 5.83. The van der Waals surface area contributed by atoms with Crippen molar-refractivity contribution in [3.63, 3.8) is 0 Å². The van der Waals surface area contributed by atoms with E-state index in [4.69, 9.17) is 139 Å². The molecule has 0 bridgehead atoms. The molecule has 0 spiro atoms. The smallest absolute Gasteiger partial charge is 0.0943 e. The lowest BCUT2D eigenvalue weighted by Gasteiger charge is -1.95. The predicted molar refractivity (Wildman–Crippen MR) is 431 cm³/mol. The summed E-state index contributed by atoms with van der Waals surface area (Å²) in [6.07, 6.45) is 0. The van der Waals surface area contributed by atoms with Gasteiger partial charge in [-0.1, -0.05) is 139 Å². The lowest BCUT2D eigenvalue weighted by Crippen LogP contribution is -3.00. The van der Waals surface area contributed by atoms with Crippen molar-refractivity contribution in [3.05, 3.63) is 351 Å². The molecule has 0 fully saturated rings. The Kier molecular flexibility index (Phi) is 46.8. The number of benzene rings is 12. The van der Waals surface area contributed by atoms with Crippen LogP contribution in [0.3, 0.4) is 0 Å². The van der Waals surface area contributed by atoms with Gasteiger partial charge in [-0.2, -0.15) is 0 Å². The largest absolute Gasteiger partial charge is 1.00 e. The second kappa shape index (κ2) is 49.8. The van der Waals surface area contributed by atoms with Crippen LogP contribution in [0.25, 0.3) is 0 Å².